The first-order valence-electron chi connectivity index (χ1n) is 7.65. The average molecular weight is 295 g/mol. The Morgan fingerprint density at radius 2 is 2.05 bits per heavy atom. The SMILES string of the molecule is CCOc1c(Cl)cccc1CN1CC2CCCC(C1)N2. The summed E-state index contributed by atoms with van der Waals surface area (Å²) in [6.07, 6.45) is 3.99. The van der Waals surface area contributed by atoms with Gasteiger partial charge in [0.15, 0.2) is 0 Å². The highest BCUT2D eigenvalue weighted by Crippen LogP contribution is 2.30. The van der Waals surface area contributed by atoms with Crippen LogP contribution in [0.2, 0.25) is 5.02 Å². The summed E-state index contributed by atoms with van der Waals surface area (Å²) in [7, 11) is 0. The van der Waals surface area contributed by atoms with Crippen molar-refractivity contribution in [2.45, 2.75) is 44.8 Å². The molecule has 1 aromatic carbocycles. The van der Waals surface area contributed by atoms with Crippen molar-refractivity contribution in [3.8, 4) is 5.75 Å². The van der Waals surface area contributed by atoms with E-state index in [4.69, 9.17) is 16.3 Å². The summed E-state index contributed by atoms with van der Waals surface area (Å²) >= 11 is 6.27. The summed E-state index contributed by atoms with van der Waals surface area (Å²) in [4.78, 5) is 2.54. The normalized spacial score (nSPS) is 26.5. The van der Waals surface area contributed by atoms with E-state index in [-0.39, 0.29) is 0 Å². The summed E-state index contributed by atoms with van der Waals surface area (Å²) < 4.78 is 5.73. The molecule has 2 fully saturated rings. The number of halogens is 1. The second-order valence-corrected chi connectivity index (χ2v) is 6.25. The number of nitrogens with one attached hydrogen (secondary N) is 1. The number of hydrogen-bond donors (Lipinski definition) is 1. The van der Waals surface area contributed by atoms with Crippen LogP contribution in [0.25, 0.3) is 0 Å². The van der Waals surface area contributed by atoms with Crippen LogP contribution in [0, 0.1) is 0 Å². The van der Waals surface area contributed by atoms with Gasteiger partial charge in [-0.1, -0.05) is 30.2 Å². The van der Waals surface area contributed by atoms with Gasteiger partial charge in [0.05, 0.1) is 11.6 Å². The lowest BCUT2D eigenvalue weighted by molar-refractivity contribution is 0.118. The molecule has 0 amide bonds. The van der Waals surface area contributed by atoms with Crippen molar-refractivity contribution in [2.75, 3.05) is 19.7 Å². The van der Waals surface area contributed by atoms with Crippen molar-refractivity contribution in [3.05, 3.63) is 28.8 Å². The Morgan fingerprint density at radius 3 is 2.75 bits per heavy atom. The van der Waals surface area contributed by atoms with Gasteiger partial charge in [-0.15, -0.1) is 0 Å². The molecular formula is C16H23ClN2O. The lowest BCUT2D eigenvalue weighted by Crippen LogP contribution is -2.58. The van der Waals surface area contributed by atoms with Crippen molar-refractivity contribution in [1.29, 1.82) is 0 Å². The molecule has 0 saturated carbocycles. The quantitative estimate of drug-likeness (QED) is 0.924. The topological polar surface area (TPSA) is 24.5 Å². The smallest absolute Gasteiger partial charge is 0.142 e. The Bertz CT molecular complexity index is 454. The van der Waals surface area contributed by atoms with Crippen molar-refractivity contribution < 1.29 is 4.74 Å². The largest absolute Gasteiger partial charge is 0.492 e. The van der Waals surface area contributed by atoms with Crippen LogP contribution in [0.15, 0.2) is 18.2 Å². The molecule has 110 valence electrons. The lowest BCUT2D eigenvalue weighted by atomic mass is 9.94. The molecule has 20 heavy (non-hydrogen) atoms. The van der Waals surface area contributed by atoms with Gasteiger partial charge in [-0.05, 0) is 25.8 Å². The van der Waals surface area contributed by atoms with E-state index in [0.29, 0.717) is 18.7 Å². The maximum Gasteiger partial charge on any atom is 0.142 e. The Labute approximate surface area is 126 Å². The highest BCUT2D eigenvalue weighted by molar-refractivity contribution is 6.32. The first-order valence-corrected chi connectivity index (χ1v) is 8.02. The van der Waals surface area contributed by atoms with Crippen LogP contribution in [0.4, 0.5) is 0 Å². The summed E-state index contributed by atoms with van der Waals surface area (Å²) in [5.41, 5.74) is 1.21. The monoisotopic (exact) mass is 294 g/mol. The standard InChI is InChI=1S/C16H23ClN2O/c1-2-20-16-12(5-3-8-15(16)17)9-19-10-13-6-4-7-14(11-19)18-13/h3,5,8,13-14,18H,2,4,6-7,9-11H2,1H3. The molecule has 2 bridgehead atoms. The summed E-state index contributed by atoms with van der Waals surface area (Å²) in [5.74, 6) is 0.861. The highest BCUT2D eigenvalue weighted by atomic mass is 35.5. The third-order valence-corrected chi connectivity index (χ3v) is 4.56. The number of piperidine rings is 1. The molecule has 3 rings (SSSR count). The summed E-state index contributed by atoms with van der Waals surface area (Å²) in [5, 5.41) is 4.44. The predicted molar refractivity (Wildman–Crippen MR) is 82.5 cm³/mol. The van der Waals surface area contributed by atoms with Crippen molar-refractivity contribution in [3.63, 3.8) is 0 Å². The first-order chi connectivity index (χ1) is 9.76. The van der Waals surface area contributed by atoms with Gasteiger partial charge in [-0.3, -0.25) is 4.90 Å². The summed E-state index contributed by atoms with van der Waals surface area (Å²) in [6.45, 7) is 5.86. The number of ether oxygens (including phenoxy) is 1. The van der Waals surface area contributed by atoms with E-state index >= 15 is 0 Å². The molecule has 2 heterocycles. The second-order valence-electron chi connectivity index (χ2n) is 5.85. The predicted octanol–water partition coefficient (Wildman–Crippen LogP) is 3.07. The molecule has 2 saturated heterocycles. The van der Waals surface area contributed by atoms with E-state index in [2.05, 4.69) is 16.3 Å². The highest BCUT2D eigenvalue weighted by Gasteiger charge is 2.29. The number of likely N-dealkylation sites (tertiary alicyclic amines) is 1. The Hall–Kier alpha value is -0.770. The molecule has 0 aromatic heterocycles. The maximum atomic E-state index is 6.27. The van der Waals surface area contributed by atoms with Gasteiger partial charge in [0.1, 0.15) is 5.75 Å². The van der Waals surface area contributed by atoms with E-state index in [9.17, 15) is 0 Å². The van der Waals surface area contributed by atoms with Gasteiger partial charge in [-0.25, -0.2) is 0 Å². The van der Waals surface area contributed by atoms with Crippen LogP contribution >= 0.6 is 11.6 Å². The minimum Gasteiger partial charge on any atom is -0.492 e. The van der Waals surface area contributed by atoms with Crippen molar-refractivity contribution >= 4 is 11.6 Å². The van der Waals surface area contributed by atoms with E-state index < -0.39 is 0 Å². The van der Waals surface area contributed by atoms with E-state index in [1.165, 1.54) is 24.8 Å². The number of benzene rings is 1. The van der Waals surface area contributed by atoms with Gasteiger partial charge < -0.3 is 10.1 Å². The minimum atomic E-state index is 0.656. The molecular weight excluding hydrogens is 272 g/mol. The molecule has 3 nitrogen and oxygen atoms in total. The molecule has 0 spiro atoms. The van der Waals surface area contributed by atoms with Crippen molar-refractivity contribution in [2.24, 2.45) is 0 Å². The lowest BCUT2D eigenvalue weighted by Gasteiger charge is -2.42. The number of para-hydroxylation sites is 1. The fourth-order valence-corrected chi connectivity index (χ4v) is 3.70. The molecule has 0 aliphatic carbocycles. The van der Waals surface area contributed by atoms with Crippen molar-refractivity contribution in [1.82, 2.24) is 10.2 Å². The molecule has 0 radical (unpaired) electrons. The van der Waals surface area contributed by atoms with Gasteiger partial charge >= 0.3 is 0 Å². The zero-order chi connectivity index (χ0) is 13.9. The van der Waals surface area contributed by atoms with Crippen LogP contribution in [-0.2, 0) is 6.54 Å². The van der Waals surface area contributed by atoms with Crippen LogP contribution in [0.5, 0.6) is 5.75 Å². The van der Waals surface area contributed by atoms with Gasteiger partial charge in [0.25, 0.3) is 0 Å². The number of nitrogens with zero attached hydrogens (tertiary/aromatic N) is 1. The second kappa shape index (κ2) is 6.33. The van der Waals surface area contributed by atoms with Crippen LogP contribution in [0.3, 0.4) is 0 Å². The summed E-state index contributed by atoms with van der Waals surface area (Å²) in [6, 6.07) is 7.38. The molecule has 2 aliphatic heterocycles. The average Bonchev–Trinajstić information content (AvgIpc) is 2.42. The number of hydrogen-bond acceptors (Lipinski definition) is 3. The molecule has 1 N–H and O–H groups in total. The minimum absolute atomic E-state index is 0.656. The Morgan fingerprint density at radius 1 is 1.30 bits per heavy atom. The number of piperazine rings is 1. The maximum absolute atomic E-state index is 6.27. The molecule has 2 unspecified atom stereocenters. The van der Waals surface area contributed by atoms with Crippen LogP contribution in [0.1, 0.15) is 31.7 Å². The molecule has 2 aliphatic rings. The van der Waals surface area contributed by atoms with E-state index in [1.807, 2.05) is 19.1 Å². The van der Waals surface area contributed by atoms with Crippen LogP contribution in [-0.4, -0.2) is 36.7 Å². The Kier molecular flexibility index (Phi) is 4.49. The molecule has 1 aromatic rings. The first kappa shape index (κ1) is 14.2. The number of fused-ring (bicyclic) bond motifs is 2. The molecule has 2 atom stereocenters. The zero-order valence-corrected chi connectivity index (χ0v) is 12.8. The van der Waals surface area contributed by atoms with Gasteiger partial charge in [0, 0.05) is 37.3 Å². The van der Waals surface area contributed by atoms with E-state index in [0.717, 1.165) is 30.4 Å². The Balaban J connectivity index is 1.72. The van der Waals surface area contributed by atoms with E-state index in [1.54, 1.807) is 0 Å². The third-order valence-electron chi connectivity index (χ3n) is 4.26. The third kappa shape index (κ3) is 3.11. The number of rotatable bonds is 4. The zero-order valence-electron chi connectivity index (χ0n) is 12.1. The fourth-order valence-electron chi connectivity index (χ4n) is 3.45. The van der Waals surface area contributed by atoms with Gasteiger partial charge in [0.2, 0.25) is 0 Å². The van der Waals surface area contributed by atoms with Gasteiger partial charge in [-0.2, -0.15) is 0 Å². The fraction of sp³-hybridized carbons (Fsp3) is 0.625. The molecule has 4 heteroatoms. The van der Waals surface area contributed by atoms with Crippen LogP contribution < -0.4 is 10.1 Å².